The van der Waals surface area contributed by atoms with Gasteiger partial charge in [0.05, 0.1) is 11.7 Å². The highest BCUT2D eigenvalue weighted by Gasteiger charge is 2.00. The van der Waals surface area contributed by atoms with Crippen molar-refractivity contribution in [2.75, 3.05) is 0 Å². The highest BCUT2D eigenvalue weighted by Crippen LogP contribution is 2.25. The Labute approximate surface area is 78.9 Å². The lowest BCUT2D eigenvalue weighted by molar-refractivity contribution is 1.32. The van der Waals surface area contributed by atoms with Crippen molar-refractivity contribution < 1.29 is 0 Å². The lowest BCUT2D eigenvalue weighted by Gasteiger charge is -1.96. The van der Waals surface area contributed by atoms with Crippen molar-refractivity contribution in [1.29, 1.82) is 0 Å². The van der Waals surface area contributed by atoms with E-state index in [1.807, 2.05) is 12.3 Å². The Morgan fingerprint density at radius 1 is 1.08 bits per heavy atom. The van der Waals surface area contributed by atoms with Crippen LogP contribution in [0.25, 0.3) is 21.7 Å². The minimum atomic E-state index is 0.966. The lowest BCUT2D eigenvalue weighted by Crippen LogP contribution is -1.79. The molecule has 0 aliphatic heterocycles. The third-order valence-corrected chi connectivity index (χ3v) is 2.89. The second kappa shape index (κ2) is 2.50. The molecule has 0 aliphatic carbocycles. The van der Waals surface area contributed by atoms with Crippen LogP contribution in [-0.2, 0) is 0 Å². The summed E-state index contributed by atoms with van der Waals surface area (Å²) in [4.78, 5) is 8.37. The highest BCUT2D eigenvalue weighted by atomic mass is 32.1. The Morgan fingerprint density at radius 3 is 3.08 bits per heavy atom. The molecule has 0 spiro atoms. The largest absolute Gasteiger partial charge is 0.262 e. The number of fused-ring (bicyclic) bond motifs is 3. The van der Waals surface area contributed by atoms with E-state index in [4.69, 9.17) is 0 Å². The average molecular weight is 186 g/mol. The molecule has 0 atom stereocenters. The number of aromatic nitrogens is 2. The van der Waals surface area contributed by atoms with Gasteiger partial charge in [-0.25, -0.2) is 0 Å². The van der Waals surface area contributed by atoms with Gasteiger partial charge in [-0.1, -0.05) is 0 Å². The van der Waals surface area contributed by atoms with E-state index in [0.29, 0.717) is 0 Å². The first-order chi connectivity index (χ1) is 6.45. The van der Waals surface area contributed by atoms with Crippen LogP contribution in [0.3, 0.4) is 0 Å². The molecule has 3 heteroatoms. The van der Waals surface area contributed by atoms with E-state index < -0.39 is 0 Å². The summed E-state index contributed by atoms with van der Waals surface area (Å²) in [6, 6.07) is 2.01. The van der Waals surface area contributed by atoms with Crippen LogP contribution in [0.5, 0.6) is 0 Å². The van der Waals surface area contributed by atoms with Crippen LogP contribution in [0.2, 0.25) is 0 Å². The van der Waals surface area contributed by atoms with Gasteiger partial charge in [0.15, 0.2) is 0 Å². The maximum atomic E-state index is 4.33. The van der Waals surface area contributed by atoms with Gasteiger partial charge in [-0.05, 0) is 11.4 Å². The summed E-state index contributed by atoms with van der Waals surface area (Å²) in [5.41, 5.74) is 0.966. The van der Waals surface area contributed by atoms with Gasteiger partial charge < -0.3 is 0 Å². The molecule has 2 nitrogen and oxygen atoms in total. The number of thiophene rings is 1. The summed E-state index contributed by atoms with van der Waals surface area (Å²) in [5.74, 6) is 0. The summed E-state index contributed by atoms with van der Waals surface area (Å²) in [6.07, 6.45) is 5.50. The molecule has 0 saturated heterocycles. The van der Waals surface area contributed by atoms with Gasteiger partial charge in [0, 0.05) is 33.9 Å². The molecular formula is C10H6N2S. The molecule has 0 N–H and O–H groups in total. The molecule has 3 aromatic heterocycles. The van der Waals surface area contributed by atoms with Crippen molar-refractivity contribution in [3.63, 3.8) is 0 Å². The van der Waals surface area contributed by atoms with Crippen LogP contribution in [0.4, 0.5) is 0 Å². The van der Waals surface area contributed by atoms with Gasteiger partial charge in [0.2, 0.25) is 0 Å². The standard InChI is InChI=1S/C10H6N2S/c1-2-11-4-10-8(1)9-6-13-5-7(9)3-12-10/h1-6H. The Morgan fingerprint density at radius 2 is 2.08 bits per heavy atom. The van der Waals surface area contributed by atoms with Crippen molar-refractivity contribution >= 4 is 33.0 Å². The quantitative estimate of drug-likeness (QED) is 0.539. The van der Waals surface area contributed by atoms with Crippen LogP contribution in [0, 0.1) is 0 Å². The van der Waals surface area contributed by atoms with Crippen molar-refractivity contribution in [3.05, 3.63) is 35.4 Å². The van der Waals surface area contributed by atoms with E-state index in [1.165, 1.54) is 16.2 Å². The number of hydrogen-bond acceptors (Lipinski definition) is 3. The fourth-order valence-corrected chi connectivity index (χ4v) is 2.28. The summed E-state index contributed by atoms with van der Waals surface area (Å²) in [6.45, 7) is 0. The maximum Gasteiger partial charge on any atom is 0.0891 e. The van der Waals surface area contributed by atoms with E-state index in [0.717, 1.165) is 5.52 Å². The smallest absolute Gasteiger partial charge is 0.0891 e. The maximum absolute atomic E-state index is 4.33. The Bertz CT molecular complexity index is 571. The van der Waals surface area contributed by atoms with Gasteiger partial charge >= 0.3 is 0 Å². The fraction of sp³-hybridized carbons (Fsp3) is 0. The van der Waals surface area contributed by atoms with Gasteiger partial charge in [-0.3, -0.25) is 9.97 Å². The summed E-state index contributed by atoms with van der Waals surface area (Å²) in [5, 5.41) is 7.94. The van der Waals surface area contributed by atoms with E-state index >= 15 is 0 Å². The molecule has 0 bridgehead atoms. The van der Waals surface area contributed by atoms with E-state index in [9.17, 15) is 0 Å². The minimum absolute atomic E-state index is 0.966. The van der Waals surface area contributed by atoms with Crippen LogP contribution < -0.4 is 0 Å². The van der Waals surface area contributed by atoms with Crippen molar-refractivity contribution in [2.24, 2.45) is 0 Å². The molecule has 13 heavy (non-hydrogen) atoms. The molecule has 62 valence electrons. The Balaban J connectivity index is 2.65. The van der Waals surface area contributed by atoms with Crippen molar-refractivity contribution in [1.82, 2.24) is 9.97 Å². The number of pyridine rings is 2. The minimum Gasteiger partial charge on any atom is -0.262 e. The molecule has 0 amide bonds. The predicted octanol–water partition coefficient (Wildman–Crippen LogP) is 2.84. The Hall–Kier alpha value is -1.48. The van der Waals surface area contributed by atoms with E-state index in [2.05, 4.69) is 20.7 Å². The molecule has 0 unspecified atom stereocenters. The molecule has 0 saturated carbocycles. The average Bonchev–Trinajstić information content (AvgIpc) is 2.65. The second-order valence-corrected chi connectivity index (χ2v) is 3.64. The highest BCUT2D eigenvalue weighted by molar-refractivity contribution is 7.09. The molecule has 0 aromatic carbocycles. The molecule has 3 aromatic rings. The van der Waals surface area contributed by atoms with Crippen molar-refractivity contribution in [3.8, 4) is 0 Å². The zero-order valence-corrected chi connectivity index (χ0v) is 7.58. The topological polar surface area (TPSA) is 25.8 Å². The van der Waals surface area contributed by atoms with Gasteiger partial charge in [-0.15, -0.1) is 0 Å². The molecule has 0 fully saturated rings. The van der Waals surface area contributed by atoms with Gasteiger partial charge in [0.1, 0.15) is 0 Å². The monoisotopic (exact) mass is 186 g/mol. The number of hydrogen-bond donors (Lipinski definition) is 0. The third kappa shape index (κ3) is 0.939. The number of nitrogens with zero attached hydrogens (tertiary/aromatic N) is 2. The van der Waals surface area contributed by atoms with Crippen LogP contribution in [-0.4, -0.2) is 9.97 Å². The van der Waals surface area contributed by atoms with Crippen LogP contribution in [0.15, 0.2) is 35.4 Å². The zero-order chi connectivity index (χ0) is 8.67. The molecule has 3 rings (SSSR count). The summed E-state index contributed by atoms with van der Waals surface area (Å²) >= 11 is 1.71. The SMILES string of the molecule is c1cc2c(cn1)ncc1cscc12. The molecule has 0 aliphatic rings. The van der Waals surface area contributed by atoms with Crippen molar-refractivity contribution in [2.45, 2.75) is 0 Å². The zero-order valence-electron chi connectivity index (χ0n) is 6.77. The van der Waals surface area contributed by atoms with Crippen LogP contribution >= 0.6 is 11.3 Å². The van der Waals surface area contributed by atoms with Crippen LogP contribution in [0.1, 0.15) is 0 Å². The number of rotatable bonds is 0. The molecule has 0 radical (unpaired) electrons. The predicted molar refractivity (Wildman–Crippen MR) is 54.9 cm³/mol. The van der Waals surface area contributed by atoms with E-state index in [-0.39, 0.29) is 0 Å². The first-order valence-electron chi connectivity index (χ1n) is 4.00. The van der Waals surface area contributed by atoms with Gasteiger partial charge in [-0.2, -0.15) is 11.3 Å². The normalized spacial score (nSPS) is 11.1. The van der Waals surface area contributed by atoms with Gasteiger partial charge in [0.25, 0.3) is 0 Å². The Kier molecular flexibility index (Phi) is 1.34. The second-order valence-electron chi connectivity index (χ2n) is 2.89. The van der Waals surface area contributed by atoms with E-state index in [1.54, 1.807) is 23.7 Å². The summed E-state index contributed by atoms with van der Waals surface area (Å²) < 4.78 is 0. The summed E-state index contributed by atoms with van der Waals surface area (Å²) in [7, 11) is 0. The molecule has 3 heterocycles. The fourth-order valence-electron chi connectivity index (χ4n) is 1.48. The first-order valence-corrected chi connectivity index (χ1v) is 4.94. The molecular weight excluding hydrogens is 180 g/mol. The first kappa shape index (κ1) is 6.97. The third-order valence-electron chi connectivity index (χ3n) is 2.12. The lowest BCUT2D eigenvalue weighted by atomic mass is 10.2.